The van der Waals surface area contributed by atoms with Crippen molar-refractivity contribution in [2.24, 2.45) is 4.40 Å². The number of rotatable bonds is 2. The van der Waals surface area contributed by atoms with E-state index in [1.807, 2.05) is 11.8 Å². The Hall–Kier alpha value is 0.110. The van der Waals surface area contributed by atoms with Gasteiger partial charge in [-0.1, -0.05) is 0 Å². The molecule has 12 heavy (non-hydrogen) atoms. The maximum absolute atomic E-state index is 8.32. The molecule has 0 spiro atoms. The van der Waals surface area contributed by atoms with E-state index in [0.29, 0.717) is 0 Å². The van der Waals surface area contributed by atoms with Gasteiger partial charge in [0.15, 0.2) is 0 Å². The second kappa shape index (κ2) is 5.70. The molecule has 0 N–H and O–H groups in total. The Labute approximate surface area is 85.4 Å². The van der Waals surface area contributed by atoms with Gasteiger partial charge in [-0.05, 0) is 11.6 Å². The first-order valence-electron chi connectivity index (χ1n) is 3.46. The van der Waals surface area contributed by atoms with Crippen molar-refractivity contribution < 1.29 is 0 Å². The van der Waals surface area contributed by atoms with Crippen LogP contribution < -0.4 is 0 Å². The minimum absolute atomic E-state index is 0.0122. The molecule has 1 rings (SSSR count). The third kappa shape index (κ3) is 3.68. The average molecular weight is 222 g/mol. The zero-order chi connectivity index (χ0) is 8.81. The van der Waals surface area contributed by atoms with E-state index in [4.69, 9.17) is 16.9 Å². The van der Waals surface area contributed by atoms with Gasteiger partial charge in [-0.15, -0.1) is 0 Å². The van der Waals surface area contributed by atoms with E-state index in [0.717, 1.165) is 24.6 Å². The Balaban J connectivity index is 2.26. The summed E-state index contributed by atoms with van der Waals surface area (Å²) >= 11 is 8.64. The molecule has 0 radical (unpaired) electrons. The molecule has 0 saturated carbocycles. The van der Waals surface area contributed by atoms with Gasteiger partial charge in [-0.3, -0.25) is 0 Å². The van der Waals surface area contributed by atoms with Crippen molar-refractivity contribution in [1.29, 1.82) is 5.26 Å². The zero-order valence-electron chi connectivity index (χ0n) is 6.36. The van der Waals surface area contributed by atoms with Gasteiger partial charge in [0.05, 0.1) is 12.1 Å². The first-order valence-corrected chi connectivity index (χ1v) is 5.72. The molecule has 1 saturated heterocycles. The minimum atomic E-state index is 0.0122. The molecule has 0 aromatic carbocycles. The first-order chi connectivity index (χ1) is 5.83. The van der Waals surface area contributed by atoms with Crippen molar-refractivity contribution in [3.05, 3.63) is 0 Å². The van der Waals surface area contributed by atoms with E-state index in [2.05, 4.69) is 8.70 Å². The lowest BCUT2D eigenvalue weighted by Crippen LogP contribution is -2.25. The standard InChI is InChI=1S/C6H8ClN3S2/c7-6(5-8)9-12-10-1-3-11-4-2-10/h1-4H2. The van der Waals surface area contributed by atoms with E-state index < -0.39 is 0 Å². The Morgan fingerprint density at radius 2 is 2.25 bits per heavy atom. The van der Waals surface area contributed by atoms with Crippen molar-refractivity contribution in [3.63, 3.8) is 0 Å². The smallest absolute Gasteiger partial charge is 0.215 e. The third-order valence-electron chi connectivity index (χ3n) is 1.30. The fraction of sp³-hybridized carbons (Fsp3) is 0.667. The van der Waals surface area contributed by atoms with Gasteiger partial charge in [0.2, 0.25) is 5.17 Å². The van der Waals surface area contributed by atoms with Gasteiger partial charge < -0.3 is 0 Å². The van der Waals surface area contributed by atoms with Crippen LogP contribution in [0.3, 0.4) is 0 Å². The summed E-state index contributed by atoms with van der Waals surface area (Å²) < 4.78 is 5.93. The van der Waals surface area contributed by atoms with Crippen LogP contribution in [0, 0.1) is 11.3 Å². The summed E-state index contributed by atoms with van der Waals surface area (Å²) in [7, 11) is 0. The summed E-state index contributed by atoms with van der Waals surface area (Å²) in [4.78, 5) is 0. The molecular weight excluding hydrogens is 214 g/mol. The molecule has 0 aliphatic carbocycles. The lowest BCUT2D eigenvalue weighted by Gasteiger charge is -2.21. The van der Waals surface area contributed by atoms with Crippen LogP contribution in [0.4, 0.5) is 0 Å². The average Bonchev–Trinajstić information content (AvgIpc) is 2.16. The summed E-state index contributed by atoms with van der Waals surface area (Å²) in [6, 6.07) is 1.77. The maximum Gasteiger partial charge on any atom is 0.215 e. The minimum Gasteiger partial charge on any atom is -0.229 e. The highest BCUT2D eigenvalue weighted by molar-refractivity contribution is 7.99. The fourth-order valence-electron chi connectivity index (χ4n) is 0.742. The van der Waals surface area contributed by atoms with Crippen LogP contribution in [-0.2, 0) is 0 Å². The largest absolute Gasteiger partial charge is 0.229 e. The number of nitriles is 1. The predicted octanol–water partition coefficient (Wildman–Crippen LogP) is 1.76. The van der Waals surface area contributed by atoms with Crippen LogP contribution in [0.1, 0.15) is 0 Å². The molecule has 1 fully saturated rings. The second-order valence-corrected chi connectivity index (χ2v) is 4.56. The van der Waals surface area contributed by atoms with Gasteiger partial charge in [0.1, 0.15) is 6.07 Å². The van der Waals surface area contributed by atoms with Crippen LogP contribution in [0.2, 0.25) is 0 Å². The van der Waals surface area contributed by atoms with E-state index in [1.54, 1.807) is 6.07 Å². The van der Waals surface area contributed by atoms with Crippen LogP contribution in [0.25, 0.3) is 0 Å². The van der Waals surface area contributed by atoms with Crippen molar-refractivity contribution in [1.82, 2.24) is 4.31 Å². The Kier molecular flexibility index (Phi) is 4.84. The molecule has 0 unspecified atom stereocenters. The second-order valence-electron chi connectivity index (χ2n) is 2.12. The topological polar surface area (TPSA) is 39.4 Å². The summed E-state index contributed by atoms with van der Waals surface area (Å²) in [6.45, 7) is 2.02. The molecule has 0 amide bonds. The number of nitrogens with zero attached hydrogens (tertiary/aromatic N) is 3. The van der Waals surface area contributed by atoms with Crippen molar-refractivity contribution in [2.75, 3.05) is 24.6 Å². The number of halogens is 1. The van der Waals surface area contributed by atoms with Crippen LogP contribution in [0.5, 0.6) is 0 Å². The maximum atomic E-state index is 8.32. The lowest BCUT2D eigenvalue weighted by molar-refractivity contribution is 0.522. The van der Waals surface area contributed by atoms with Gasteiger partial charge in [-0.25, -0.2) is 4.31 Å². The van der Waals surface area contributed by atoms with E-state index in [1.165, 1.54) is 12.1 Å². The van der Waals surface area contributed by atoms with Crippen molar-refractivity contribution in [2.45, 2.75) is 0 Å². The molecule has 0 aromatic rings. The Morgan fingerprint density at radius 3 is 2.83 bits per heavy atom. The summed E-state index contributed by atoms with van der Waals surface area (Å²) in [6.07, 6.45) is 0. The van der Waals surface area contributed by atoms with Gasteiger partial charge >= 0.3 is 0 Å². The molecule has 1 heterocycles. The third-order valence-corrected chi connectivity index (χ3v) is 3.37. The molecule has 0 atom stereocenters. The molecule has 3 nitrogen and oxygen atoms in total. The Morgan fingerprint density at radius 1 is 1.58 bits per heavy atom. The molecule has 1 aliphatic rings. The quantitative estimate of drug-likeness (QED) is 0.526. The predicted molar refractivity (Wildman–Crippen MR) is 55.4 cm³/mol. The highest BCUT2D eigenvalue weighted by Crippen LogP contribution is 2.18. The number of hydrogen-bond donors (Lipinski definition) is 0. The molecule has 6 heteroatoms. The van der Waals surface area contributed by atoms with Crippen LogP contribution in [-0.4, -0.2) is 34.1 Å². The van der Waals surface area contributed by atoms with Gasteiger partial charge in [0, 0.05) is 24.6 Å². The molecule has 1 aliphatic heterocycles. The normalized spacial score (nSPS) is 20.5. The van der Waals surface area contributed by atoms with Crippen molar-refractivity contribution >= 4 is 40.7 Å². The zero-order valence-corrected chi connectivity index (χ0v) is 8.75. The number of thioether (sulfide) groups is 1. The summed E-state index contributed by atoms with van der Waals surface area (Å²) in [5.74, 6) is 2.26. The summed E-state index contributed by atoms with van der Waals surface area (Å²) in [5.41, 5.74) is 0. The molecule has 0 bridgehead atoms. The van der Waals surface area contributed by atoms with Crippen molar-refractivity contribution in [3.8, 4) is 6.07 Å². The van der Waals surface area contributed by atoms with Gasteiger partial charge in [-0.2, -0.15) is 21.4 Å². The van der Waals surface area contributed by atoms with E-state index in [-0.39, 0.29) is 5.17 Å². The van der Waals surface area contributed by atoms with Gasteiger partial charge in [0.25, 0.3) is 0 Å². The fourth-order valence-corrected chi connectivity index (χ4v) is 2.54. The van der Waals surface area contributed by atoms with Crippen LogP contribution >= 0.6 is 35.5 Å². The van der Waals surface area contributed by atoms with E-state index >= 15 is 0 Å². The summed E-state index contributed by atoms with van der Waals surface area (Å²) in [5, 5.41) is 8.33. The molecule has 0 aromatic heterocycles. The molecule has 66 valence electrons. The van der Waals surface area contributed by atoms with E-state index in [9.17, 15) is 0 Å². The highest BCUT2D eigenvalue weighted by Gasteiger charge is 2.10. The van der Waals surface area contributed by atoms with Crippen LogP contribution in [0.15, 0.2) is 4.40 Å². The number of hydrogen-bond acceptors (Lipinski definition) is 5. The first kappa shape index (κ1) is 10.2. The Bertz CT molecular complexity index is 207. The monoisotopic (exact) mass is 221 g/mol. The lowest BCUT2D eigenvalue weighted by atomic mass is 10.6. The highest BCUT2D eigenvalue weighted by atomic mass is 35.5. The SMILES string of the molecule is N#CC(Cl)=NSN1CCSCC1. The molecular formula is C6H8ClN3S2.